The second-order valence-corrected chi connectivity index (χ2v) is 9.53. The van der Waals surface area contributed by atoms with Crippen LogP contribution in [0.25, 0.3) is 0 Å². The number of anilines is 3. The third kappa shape index (κ3) is 4.45. The minimum atomic E-state index is -0.545. The monoisotopic (exact) mass is 480 g/mol. The van der Waals surface area contributed by atoms with Gasteiger partial charge in [0.15, 0.2) is 5.69 Å². The molecule has 9 nitrogen and oxygen atoms in total. The van der Waals surface area contributed by atoms with Crippen molar-refractivity contribution in [3.05, 3.63) is 58.6 Å². The fraction of sp³-hybridized carbons (Fsp3) is 0.417. The van der Waals surface area contributed by atoms with Crippen LogP contribution in [0.4, 0.5) is 17.5 Å². The molecule has 2 saturated carbocycles. The molecule has 34 heavy (non-hydrogen) atoms. The lowest BCUT2D eigenvalue weighted by molar-refractivity contribution is 0.0920. The number of hydrogen-bond donors (Lipinski definition) is 2. The number of hydrogen-bond acceptors (Lipinski definition) is 8. The van der Waals surface area contributed by atoms with Gasteiger partial charge in [-0.2, -0.15) is 4.98 Å². The highest BCUT2D eigenvalue weighted by Gasteiger charge is 2.48. The molecule has 0 radical (unpaired) electrons. The van der Waals surface area contributed by atoms with Crippen LogP contribution in [-0.4, -0.2) is 47.3 Å². The van der Waals surface area contributed by atoms with Gasteiger partial charge in [-0.15, -0.1) is 0 Å². The molecule has 3 aromatic rings. The summed E-state index contributed by atoms with van der Waals surface area (Å²) in [6.45, 7) is 2.69. The largest absolute Gasteiger partial charge is 0.378 e. The van der Waals surface area contributed by atoms with Gasteiger partial charge in [0.1, 0.15) is 11.6 Å². The fourth-order valence-corrected chi connectivity index (χ4v) is 4.26. The van der Waals surface area contributed by atoms with Crippen molar-refractivity contribution in [2.45, 2.75) is 37.1 Å². The molecular weight excluding hydrogens is 456 g/mol. The predicted molar refractivity (Wildman–Crippen MR) is 127 cm³/mol. The minimum Gasteiger partial charge on any atom is -0.378 e. The second kappa shape index (κ2) is 8.56. The number of carbonyl (C=O) groups is 1. The number of carbonyl (C=O) groups excluding carboxylic acids is 1. The summed E-state index contributed by atoms with van der Waals surface area (Å²) in [6, 6.07) is 11.1. The first-order chi connectivity index (χ1) is 16.6. The van der Waals surface area contributed by atoms with Gasteiger partial charge in [-0.1, -0.05) is 16.8 Å². The van der Waals surface area contributed by atoms with Crippen LogP contribution in [0.5, 0.6) is 0 Å². The van der Waals surface area contributed by atoms with E-state index >= 15 is 0 Å². The summed E-state index contributed by atoms with van der Waals surface area (Å²) in [4.78, 5) is 24.7. The molecule has 2 N–H and O–H groups in total. The highest BCUT2D eigenvalue weighted by atomic mass is 35.5. The molecule has 0 unspecified atom stereocenters. The van der Waals surface area contributed by atoms with E-state index in [0.29, 0.717) is 54.7 Å². The number of amides is 1. The SMILES string of the molecule is O=C(NC1(c2cc(Nc3ccc(Cl)cc3)nc(N3CCOCC3)n2)CC1)c1cc(C2CC2)on1. The van der Waals surface area contributed by atoms with Gasteiger partial charge < -0.3 is 24.8 Å². The highest BCUT2D eigenvalue weighted by Crippen LogP contribution is 2.46. The van der Waals surface area contributed by atoms with Crippen LogP contribution in [0, 0.1) is 0 Å². The third-order valence-electron chi connectivity index (χ3n) is 6.46. The number of benzene rings is 1. The first kappa shape index (κ1) is 21.4. The number of nitrogens with zero attached hydrogens (tertiary/aromatic N) is 4. The Kier molecular flexibility index (Phi) is 5.38. The Bertz CT molecular complexity index is 1200. The summed E-state index contributed by atoms with van der Waals surface area (Å²) in [6.07, 6.45) is 3.78. The van der Waals surface area contributed by atoms with Crippen molar-refractivity contribution < 1.29 is 14.1 Å². The van der Waals surface area contributed by atoms with Gasteiger partial charge in [0.25, 0.3) is 5.91 Å². The molecule has 1 aliphatic heterocycles. The van der Waals surface area contributed by atoms with Crippen LogP contribution in [0.2, 0.25) is 5.02 Å². The molecule has 0 atom stereocenters. The molecule has 2 aliphatic carbocycles. The summed E-state index contributed by atoms with van der Waals surface area (Å²) in [5.41, 5.74) is 1.41. The summed E-state index contributed by atoms with van der Waals surface area (Å²) < 4.78 is 10.9. The Morgan fingerprint density at radius 2 is 1.85 bits per heavy atom. The van der Waals surface area contributed by atoms with Crippen molar-refractivity contribution in [3.8, 4) is 0 Å². The van der Waals surface area contributed by atoms with Crippen LogP contribution in [0.3, 0.4) is 0 Å². The molecule has 176 valence electrons. The molecule has 3 heterocycles. The lowest BCUT2D eigenvalue weighted by atomic mass is 10.1. The Balaban J connectivity index is 1.28. The second-order valence-electron chi connectivity index (χ2n) is 9.09. The summed E-state index contributed by atoms with van der Waals surface area (Å²) >= 11 is 6.03. The minimum absolute atomic E-state index is 0.244. The summed E-state index contributed by atoms with van der Waals surface area (Å²) in [7, 11) is 0. The van der Waals surface area contributed by atoms with Gasteiger partial charge in [-0.3, -0.25) is 4.79 Å². The van der Waals surface area contributed by atoms with E-state index in [9.17, 15) is 4.79 Å². The maximum absolute atomic E-state index is 13.0. The van der Waals surface area contributed by atoms with Gasteiger partial charge in [0.2, 0.25) is 5.95 Å². The smallest absolute Gasteiger partial charge is 0.274 e. The van der Waals surface area contributed by atoms with Gasteiger partial charge in [-0.05, 0) is 49.9 Å². The average molecular weight is 481 g/mol. The van der Waals surface area contributed by atoms with E-state index in [1.165, 1.54) is 0 Å². The van der Waals surface area contributed by atoms with Crippen LogP contribution in [0.1, 0.15) is 53.5 Å². The van der Waals surface area contributed by atoms with Crippen molar-refractivity contribution >= 4 is 35.0 Å². The van der Waals surface area contributed by atoms with Gasteiger partial charge in [-0.25, -0.2) is 4.98 Å². The van der Waals surface area contributed by atoms with Crippen LogP contribution < -0.4 is 15.5 Å². The molecule has 1 aromatic carbocycles. The first-order valence-electron chi connectivity index (χ1n) is 11.6. The molecule has 1 amide bonds. The van der Waals surface area contributed by atoms with Crippen LogP contribution >= 0.6 is 11.6 Å². The summed E-state index contributed by atoms with van der Waals surface area (Å²) in [5.74, 6) is 2.23. The van der Waals surface area contributed by atoms with E-state index in [1.54, 1.807) is 6.07 Å². The number of nitrogens with one attached hydrogen (secondary N) is 2. The molecule has 3 fully saturated rings. The topological polar surface area (TPSA) is 105 Å². The van der Waals surface area contributed by atoms with Gasteiger partial charge >= 0.3 is 0 Å². The lowest BCUT2D eigenvalue weighted by Crippen LogP contribution is -2.39. The number of halogens is 1. The van der Waals surface area contributed by atoms with E-state index in [4.69, 9.17) is 30.8 Å². The zero-order valence-corrected chi connectivity index (χ0v) is 19.3. The first-order valence-corrected chi connectivity index (χ1v) is 12.0. The van der Waals surface area contributed by atoms with E-state index < -0.39 is 5.54 Å². The third-order valence-corrected chi connectivity index (χ3v) is 6.71. The Morgan fingerprint density at radius 1 is 1.09 bits per heavy atom. The van der Waals surface area contributed by atoms with Gasteiger partial charge in [0, 0.05) is 41.9 Å². The molecule has 2 aromatic heterocycles. The number of rotatable bonds is 7. The Labute approximate surface area is 201 Å². The standard InChI is InChI=1S/C24H25ClN6O3/c25-16-3-5-17(6-4-16)26-21-14-20(27-23(28-21)31-9-11-33-12-10-31)24(7-8-24)29-22(32)18-13-19(34-30-18)15-1-2-15/h3-6,13-15H,1-2,7-12H2,(H,29,32)(H,26,27,28). The van der Waals surface area contributed by atoms with Crippen molar-refractivity contribution in [3.63, 3.8) is 0 Å². The van der Waals surface area contributed by atoms with Crippen molar-refractivity contribution in [2.75, 3.05) is 36.5 Å². The normalized spacial score (nSPS) is 19.0. The number of ether oxygens (including phenoxy) is 1. The van der Waals surface area contributed by atoms with Crippen LogP contribution in [-0.2, 0) is 10.3 Å². The fourth-order valence-electron chi connectivity index (χ4n) is 4.14. The van der Waals surface area contributed by atoms with E-state index in [-0.39, 0.29) is 5.91 Å². The molecular formula is C24H25ClN6O3. The van der Waals surface area contributed by atoms with E-state index in [2.05, 4.69) is 20.7 Å². The summed E-state index contributed by atoms with van der Waals surface area (Å²) in [5, 5.41) is 11.2. The number of morpholine rings is 1. The van der Waals surface area contributed by atoms with Crippen LogP contribution in [0.15, 0.2) is 40.9 Å². The molecule has 0 bridgehead atoms. The van der Waals surface area contributed by atoms with Crippen molar-refractivity contribution in [1.82, 2.24) is 20.4 Å². The lowest BCUT2D eigenvalue weighted by Gasteiger charge is -2.28. The maximum Gasteiger partial charge on any atom is 0.274 e. The predicted octanol–water partition coefficient (Wildman–Crippen LogP) is 3.99. The van der Waals surface area contributed by atoms with E-state index in [1.807, 2.05) is 30.3 Å². The van der Waals surface area contributed by atoms with Crippen molar-refractivity contribution in [2.24, 2.45) is 0 Å². The quantitative estimate of drug-likeness (QED) is 0.523. The zero-order valence-electron chi connectivity index (χ0n) is 18.6. The highest BCUT2D eigenvalue weighted by molar-refractivity contribution is 6.30. The molecule has 10 heteroatoms. The Morgan fingerprint density at radius 3 is 2.56 bits per heavy atom. The molecule has 0 spiro atoms. The average Bonchev–Trinajstić information content (AvgIpc) is 3.80. The molecule has 1 saturated heterocycles. The zero-order chi connectivity index (χ0) is 23.1. The maximum atomic E-state index is 13.0. The van der Waals surface area contributed by atoms with Gasteiger partial charge in [0.05, 0.1) is 24.4 Å². The molecule has 3 aliphatic rings. The number of aromatic nitrogens is 3. The van der Waals surface area contributed by atoms with E-state index in [0.717, 1.165) is 42.8 Å². The Hall–Kier alpha value is -3.17. The molecule has 6 rings (SSSR count). The van der Waals surface area contributed by atoms with Crippen molar-refractivity contribution in [1.29, 1.82) is 0 Å².